The van der Waals surface area contributed by atoms with Gasteiger partial charge in [-0.25, -0.2) is 0 Å². The first kappa shape index (κ1) is 13.5. The SMILES string of the molecule is CCCC(C)C(C)CCC(=O)OCC. The molecule has 0 spiro atoms. The maximum Gasteiger partial charge on any atom is 0.305 e. The van der Waals surface area contributed by atoms with Gasteiger partial charge in [0.2, 0.25) is 0 Å². The zero-order valence-electron chi connectivity index (χ0n) is 10.0. The van der Waals surface area contributed by atoms with Crippen LogP contribution in [0, 0.1) is 11.8 Å². The molecular formula is C12H24O2. The van der Waals surface area contributed by atoms with E-state index >= 15 is 0 Å². The summed E-state index contributed by atoms with van der Waals surface area (Å²) >= 11 is 0. The van der Waals surface area contributed by atoms with Crippen molar-refractivity contribution in [3.63, 3.8) is 0 Å². The predicted octanol–water partition coefficient (Wildman–Crippen LogP) is 3.40. The molecule has 2 heteroatoms. The number of hydrogen-bond donors (Lipinski definition) is 0. The van der Waals surface area contributed by atoms with Crippen LogP contribution in [0.15, 0.2) is 0 Å². The lowest BCUT2D eigenvalue weighted by Crippen LogP contribution is -2.11. The van der Waals surface area contributed by atoms with Crippen LogP contribution in [0.25, 0.3) is 0 Å². The van der Waals surface area contributed by atoms with Gasteiger partial charge in [0.1, 0.15) is 0 Å². The predicted molar refractivity (Wildman–Crippen MR) is 59.1 cm³/mol. The molecule has 0 radical (unpaired) electrons. The minimum absolute atomic E-state index is 0.0527. The number of carbonyl (C=O) groups is 1. The lowest BCUT2D eigenvalue weighted by atomic mass is 9.88. The zero-order chi connectivity index (χ0) is 11.0. The Morgan fingerprint density at radius 2 is 1.71 bits per heavy atom. The number of rotatable bonds is 7. The Labute approximate surface area is 88.0 Å². The van der Waals surface area contributed by atoms with E-state index in [1.807, 2.05) is 6.92 Å². The molecule has 0 bridgehead atoms. The zero-order valence-corrected chi connectivity index (χ0v) is 10.0. The molecule has 84 valence electrons. The van der Waals surface area contributed by atoms with Gasteiger partial charge in [-0.15, -0.1) is 0 Å². The quantitative estimate of drug-likeness (QED) is 0.589. The summed E-state index contributed by atoms with van der Waals surface area (Å²) in [7, 11) is 0. The van der Waals surface area contributed by atoms with E-state index in [2.05, 4.69) is 20.8 Å². The van der Waals surface area contributed by atoms with E-state index in [4.69, 9.17) is 4.74 Å². The molecular weight excluding hydrogens is 176 g/mol. The fourth-order valence-corrected chi connectivity index (χ4v) is 1.60. The molecule has 0 aromatic rings. The maximum atomic E-state index is 11.1. The van der Waals surface area contributed by atoms with Crippen LogP contribution in [-0.2, 0) is 9.53 Å². The summed E-state index contributed by atoms with van der Waals surface area (Å²) < 4.78 is 4.89. The van der Waals surface area contributed by atoms with Gasteiger partial charge < -0.3 is 4.74 Å². The molecule has 0 heterocycles. The first-order chi connectivity index (χ1) is 6.61. The van der Waals surface area contributed by atoms with Gasteiger partial charge >= 0.3 is 5.97 Å². The van der Waals surface area contributed by atoms with Crippen molar-refractivity contribution in [2.75, 3.05) is 6.61 Å². The summed E-state index contributed by atoms with van der Waals surface area (Å²) in [4.78, 5) is 11.1. The molecule has 2 atom stereocenters. The highest BCUT2D eigenvalue weighted by molar-refractivity contribution is 5.69. The molecule has 0 rings (SSSR count). The van der Waals surface area contributed by atoms with E-state index in [0.717, 1.165) is 12.3 Å². The van der Waals surface area contributed by atoms with Crippen LogP contribution in [0.5, 0.6) is 0 Å². The first-order valence-electron chi connectivity index (χ1n) is 5.77. The number of esters is 1. The van der Waals surface area contributed by atoms with Gasteiger partial charge in [-0.05, 0) is 25.2 Å². The molecule has 0 aromatic carbocycles. The Kier molecular flexibility index (Phi) is 7.54. The van der Waals surface area contributed by atoms with Gasteiger partial charge in [-0.3, -0.25) is 4.79 Å². The highest BCUT2D eigenvalue weighted by Gasteiger charge is 2.13. The van der Waals surface area contributed by atoms with E-state index in [1.54, 1.807) is 0 Å². The summed E-state index contributed by atoms with van der Waals surface area (Å²) in [5.41, 5.74) is 0. The van der Waals surface area contributed by atoms with Crippen molar-refractivity contribution in [2.45, 2.75) is 53.4 Å². The van der Waals surface area contributed by atoms with E-state index in [-0.39, 0.29) is 5.97 Å². The average molecular weight is 200 g/mol. The van der Waals surface area contributed by atoms with Gasteiger partial charge in [0, 0.05) is 6.42 Å². The van der Waals surface area contributed by atoms with Crippen molar-refractivity contribution in [3.05, 3.63) is 0 Å². The van der Waals surface area contributed by atoms with Gasteiger partial charge in [-0.1, -0.05) is 33.6 Å². The second-order valence-electron chi connectivity index (χ2n) is 4.09. The van der Waals surface area contributed by atoms with Crippen LogP contribution >= 0.6 is 0 Å². The van der Waals surface area contributed by atoms with Crippen LogP contribution in [0.3, 0.4) is 0 Å². The monoisotopic (exact) mass is 200 g/mol. The summed E-state index contributed by atoms with van der Waals surface area (Å²) in [6.07, 6.45) is 4.01. The van der Waals surface area contributed by atoms with E-state index < -0.39 is 0 Å². The third-order valence-corrected chi connectivity index (χ3v) is 2.82. The maximum absolute atomic E-state index is 11.1. The summed E-state index contributed by atoms with van der Waals surface area (Å²) in [5, 5.41) is 0. The normalized spacial score (nSPS) is 14.9. The van der Waals surface area contributed by atoms with Crippen molar-refractivity contribution in [2.24, 2.45) is 11.8 Å². The molecule has 2 unspecified atom stereocenters. The van der Waals surface area contributed by atoms with Crippen LogP contribution in [0.2, 0.25) is 0 Å². The van der Waals surface area contributed by atoms with Crippen molar-refractivity contribution in [1.82, 2.24) is 0 Å². The Balaban J connectivity index is 3.61. The lowest BCUT2D eigenvalue weighted by molar-refractivity contribution is -0.143. The second-order valence-corrected chi connectivity index (χ2v) is 4.09. The van der Waals surface area contributed by atoms with Crippen LogP contribution in [0.4, 0.5) is 0 Å². The summed E-state index contributed by atoms with van der Waals surface area (Å²) in [6.45, 7) is 9.03. The van der Waals surface area contributed by atoms with Gasteiger partial charge in [0.25, 0.3) is 0 Å². The summed E-state index contributed by atoms with van der Waals surface area (Å²) in [5.74, 6) is 1.29. The molecule has 0 aliphatic rings. The second kappa shape index (κ2) is 7.84. The lowest BCUT2D eigenvalue weighted by Gasteiger charge is -2.18. The van der Waals surface area contributed by atoms with Crippen molar-refractivity contribution in [3.8, 4) is 0 Å². The smallest absolute Gasteiger partial charge is 0.305 e. The molecule has 0 fully saturated rings. The van der Waals surface area contributed by atoms with Gasteiger partial charge in [-0.2, -0.15) is 0 Å². The molecule has 0 saturated heterocycles. The van der Waals surface area contributed by atoms with Crippen LogP contribution in [-0.4, -0.2) is 12.6 Å². The minimum atomic E-state index is -0.0527. The van der Waals surface area contributed by atoms with E-state index in [0.29, 0.717) is 18.9 Å². The Hall–Kier alpha value is -0.530. The van der Waals surface area contributed by atoms with Crippen molar-refractivity contribution >= 4 is 5.97 Å². The van der Waals surface area contributed by atoms with Crippen LogP contribution in [0.1, 0.15) is 53.4 Å². The number of hydrogen-bond acceptors (Lipinski definition) is 2. The molecule has 2 nitrogen and oxygen atoms in total. The van der Waals surface area contributed by atoms with Gasteiger partial charge in [0.15, 0.2) is 0 Å². The Bertz CT molecular complexity index is 154. The molecule has 0 aromatic heterocycles. The molecule has 0 aliphatic carbocycles. The largest absolute Gasteiger partial charge is 0.466 e. The van der Waals surface area contributed by atoms with Crippen molar-refractivity contribution in [1.29, 1.82) is 0 Å². The molecule has 0 saturated carbocycles. The number of ether oxygens (including phenoxy) is 1. The summed E-state index contributed by atoms with van der Waals surface area (Å²) in [6, 6.07) is 0. The molecule has 0 N–H and O–H groups in total. The van der Waals surface area contributed by atoms with E-state index in [1.165, 1.54) is 12.8 Å². The Morgan fingerprint density at radius 3 is 2.21 bits per heavy atom. The van der Waals surface area contributed by atoms with Crippen LogP contribution < -0.4 is 0 Å². The fourth-order valence-electron chi connectivity index (χ4n) is 1.60. The van der Waals surface area contributed by atoms with E-state index in [9.17, 15) is 4.79 Å². The van der Waals surface area contributed by atoms with Gasteiger partial charge in [0.05, 0.1) is 6.61 Å². The number of carbonyl (C=O) groups excluding carboxylic acids is 1. The average Bonchev–Trinajstić information content (AvgIpc) is 2.15. The fraction of sp³-hybridized carbons (Fsp3) is 0.917. The Morgan fingerprint density at radius 1 is 1.14 bits per heavy atom. The third kappa shape index (κ3) is 6.01. The third-order valence-electron chi connectivity index (χ3n) is 2.82. The first-order valence-corrected chi connectivity index (χ1v) is 5.77. The highest BCUT2D eigenvalue weighted by Crippen LogP contribution is 2.21. The molecule has 0 aliphatic heterocycles. The van der Waals surface area contributed by atoms with Crippen molar-refractivity contribution < 1.29 is 9.53 Å². The standard InChI is InChI=1S/C12H24O2/c1-5-7-10(3)11(4)8-9-12(13)14-6-2/h10-11H,5-9H2,1-4H3. The molecule has 0 amide bonds. The minimum Gasteiger partial charge on any atom is -0.466 e. The topological polar surface area (TPSA) is 26.3 Å². The molecule has 14 heavy (non-hydrogen) atoms. The highest BCUT2D eigenvalue weighted by atomic mass is 16.5.